The molecule has 1 fully saturated rings. The first kappa shape index (κ1) is 21.5. The zero-order chi connectivity index (χ0) is 14.2. The lowest BCUT2D eigenvalue weighted by molar-refractivity contribution is 0.334. The second-order valence-corrected chi connectivity index (χ2v) is 6.00. The van der Waals surface area contributed by atoms with Gasteiger partial charge in [-0.3, -0.25) is 5.41 Å². The molecule has 0 spiro atoms. The molecule has 0 aliphatic carbocycles. The summed E-state index contributed by atoms with van der Waals surface area (Å²) in [6, 6.07) is 8.08. The van der Waals surface area contributed by atoms with Crippen molar-refractivity contribution < 1.29 is 0 Å². The first-order valence-corrected chi connectivity index (χ1v) is 8.07. The van der Waals surface area contributed by atoms with Crippen molar-refractivity contribution in [3.63, 3.8) is 0 Å². The summed E-state index contributed by atoms with van der Waals surface area (Å²) < 4.78 is 1.08. The maximum atomic E-state index is 7.85. The lowest BCUT2D eigenvalue weighted by Gasteiger charge is -2.15. The molecule has 0 atom stereocenters. The Hall–Kier alpha value is -0.490. The highest BCUT2D eigenvalue weighted by Crippen LogP contribution is 2.15. The quantitative estimate of drug-likeness (QED) is 0.382. The van der Waals surface area contributed by atoms with E-state index in [4.69, 9.17) is 5.41 Å². The van der Waals surface area contributed by atoms with Crippen molar-refractivity contribution in [2.45, 2.75) is 25.8 Å². The minimum Gasteiger partial charge on any atom is -0.357 e. The van der Waals surface area contributed by atoms with E-state index in [1.807, 2.05) is 18.2 Å². The van der Waals surface area contributed by atoms with Crippen LogP contribution in [0.3, 0.4) is 0 Å². The number of nitrogens with zero attached hydrogens (tertiary/aromatic N) is 1. The van der Waals surface area contributed by atoms with Gasteiger partial charge in [0.2, 0.25) is 0 Å². The molecule has 2 rings (SSSR count). The van der Waals surface area contributed by atoms with E-state index < -0.39 is 0 Å². The van der Waals surface area contributed by atoms with Gasteiger partial charge in [0, 0.05) is 17.6 Å². The molecule has 1 aliphatic rings. The van der Waals surface area contributed by atoms with Crippen molar-refractivity contribution >= 4 is 46.7 Å². The highest BCUT2D eigenvalue weighted by molar-refractivity contribution is 9.10. The Kier molecular flexibility index (Phi) is 11.7. The van der Waals surface area contributed by atoms with E-state index in [-0.39, 0.29) is 24.8 Å². The number of likely N-dealkylation sites (tertiary alicyclic amines) is 1. The monoisotopic (exact) mass is 410 g/mol. The predicted octanol–water partition coefficient (Wildman–Crippen LogP) is 3.39. The SMILES string of the molecule is Cl.Cl.N=C(NCCCN1CCCC1)NCc1ccccc1Br. The smallest absolute Gasteiger partial charge is 0.188 e. The molecule has 7 heteroatoms. The van der Waals surface area contributed by atoms with E-state index >= 15 is 0 Å². The maximum Gasteiger partial charge on any atom is 0.188 e. The number of rotatable bonds is 6. The zero-order valence-corrected chi connectivity index (χ0v) is 15.8. The van der Waals surface area contributed by atoms with Crippen molar-refractivity contribution in [3.8, 4) is 0 Å². The third-order valence-electron chi connectivity index (χ3n) is 3.57. The molecule has 0 saturated carbocycles. The van der Waals surface area contributed by atoms with Crippen LogP contribution in [-0.4, -0.2) is 37.0 Å². The molecule has 0 unspecified atom stereocenters. The highest BCUT2D eigenvalue weighted by Gasteiger charge is 2.10. The van der Waals surface area contributed by atoms with Crippen molar-refractivity contribution in [2.75, 3.05) is 26.2 Å². The minimum absolute atomic E-state index is 0. The molecule has 1 aliphatic heterocycles. The molecule has 4 nitrogen and oxygen atoms in total. The standard InChI is InChI=1S/C15H23BrN4.2ClH/c16-14-7-2-1-6-13(14)12-19-15(17)18-8-5-11-20-9-3-4-10-20;;/h1-2,6-7H,3-5,8-12H2,(H3,17,18,19);2*1H. The molecule has 1 saturated heterocycles. The second kappa shape index (κ2) is 12.0. The largest absolute Gasteiger partial charge is 0.357 e. The number of halogens is 3. The summed E-state index contributed by atoms with van der Waals surface area (Å²) in [6.07, 6.45) is 3.78. The van der Waals surface area contributed by atoms with Crippen LogP contribution in [-0.2, 0) is 6.54 Å². The van der Waals surface area contributed by atoms with E-state index in [0.717, 1.165) is 29.5 Å². The summed E-state index contributed by atoms with van der Waals surface area (Å²) in [5, 5.41) is 14.1. The normalized spacial score (nSPS) is 13.9. The van der Waals surface area contributed by atoms with Crippen LogP contribution in [0.4, 0.5) is 0 Å². The summed E-state index contributed by atoms with van der Waals surface area (Å²) in [5.41, 5.74) is 1.16. The first-order chi connectivity index (χ1) is 9.75. The number of benzene rings is 1. The maximum absolute atomic E-state index is 7.85. The highest BCUT2D eigenvalue weighted by atomic mass is 79.9. The molecule has 0 amide bonds. The first-order valence-electron chi connectivity index (χ1n) is 7.28. The van der Waals surface area contributed by atoms with Gasteiger partial charge in [0.15, 0.2) is 5.96 Å². The summed E-state index contributed by atoms with van der Waals surface area (Å²) in [6.45, 7) is 5.16. The van der Waals surface area contributed by atoms with Gasteiger partial charge in [0.05, 0.1) is 0 Å². The van der Waals surface area contributed by atoms with Crippen LogP contribution in [0.2, 0.25) is 0 Å². The van der Waals surface area contributed by atoms with Crippen LogP contribution in [0.15, 0.2) is 28.7 Å². The Labute approximate surface area is 153 Å². The molecule has 1 aromatic carbocycles. The van der Waals surface area contributed by atoms with Crippen LogP contribution in [0.25, 0.3) is 0 Å². The van der Waals surface area contributed by atoms with Gasteiger partial charge in [-0.1, -0.05) is 34.1 Å². The van der Waals surface area contributed by atoms with Gasteiger partial charge in [-0.2, -0.15) is 0 Å². The fourth-order valence-electron chi connectivity index (χ4n) is 2.41. The van der Waals surface area contributed by atoms with Gasteiger partial charge in [-0.05, 0) is 50.5 Å². The van der Waals surface area contributed by atoms with Crippen molar-refractivity contribution in [1.29, 1.82) is 5.41 Å². The summed E-state index contributed by atoms with van der Waals surface area (Å²) in [5.74, 6) is 0.405. The molecule has 0 radical (unpaired) electrons. The summed E-state index contributed by atoms with van der Waals surface area (Å²) in [4.78, 5) is 2.50. The molecule has 3 N–H and O–H groups in total. The van der Waals surface area contributed by atoms with E-state index in [0.29, 0.717) is 12.5 Å². The lowest BCUT2D eigenvalue weighted by Crippen LogP contribution is -2.37. The molecule has 0 aromatic heterocycles. The molecular weight excluding hydrogens is 387 g/mol. The summed E-state index contributed by atoms with van der Waals surface area (Å²) >= 11 is 3.51. The molecular formula is C15H25BrCl2N4. The van der Waals surface area contributed by atoms with Crippen LogP contribution < -0.4 is 10.6 Å². The fraction of sp³-hybridized carbons (Fsp3) is 0.533. The topological polar surface area (TPSA) is 51.2 Å². The van der Waals surface area contributed by atoms with E-state index in [2.05, 4.69) is 37.5 Å². The Balaban J connectivity index is 0.00000220. The second-order valence-electron chi connectivity index (χ2n) is 5.15. The Morgan fingerprint density at radius 2 is 1.82 bits per heavy atom. The average Bonchev–Trinajstić information content (AvgIpc) is 2.96. The Morgan fingerprint density at radius 1 is 1.14 bits per heavy atom. The van der Waals surface area contributed by atoms with Gasteiger partial charge < -0.3 is 15.5 Å². The van der Waals surface area contributed by atoms with E-state index in [1.54, 1.807) is 0 Å². The molecule has 126 valence electrons. The fourth-order valence-corrected chi connectivity index (χ4v) is 2.84. The van der Waals surface area contributed by atoms with Gasteiger partial charge in [-0.15, -0.1) is 24.8 Å². The van der Waals surface area contributed by atoms with Crippen molar-refractivity contribution in [3.05, 3.63) is 34.3 Å². The van der Waals surface area contributed by atoms with Gasteiger partial charge in [0.1, 0.15) is 0 Å². The predicted molar refractivity (Wildman–Crippen MR) is 101 cm³/mol. The average molecular weight is 412 g/mol. The third-order valence-corrected chi connectivity index (χ3v) is 4.34. The molecule has 0 bridgehead atoms. The van der Waals surface area contributed by atoms with Gasteiger partial charge in [0.25, 0.3) is 0 Å². The molecule has 1 heterocycles. The number of nitrogens with one attached hydrogen (secondary N) is 3. The van der Waals surface area contributed by atoms with Crippen LogP contribution in [0, 0.1) is 5.41 Å². The molecule has 22 heavy (non-hydrogen) atoms. The van der Waals surface area contributed by atoms with Crippen LogP contribution in [0.5, 0.6) is 0 Å². The zero-order valence-electron chi connectivity index (χ0n) is 12.6. The molecule has 1 aromatic rings. The van der Waals surface area contributed by atoms with E-state index in [9.17, 15) is 0 Å². The number of hydrogen-bond acceptors (Lipinski definition) is 2. The number of hydrogen-bond donors (Lipinski definition) is 3. The van der Waals surface area contributed by atoms with Crippen molar-refractivity contribution in [2.24, 2.45) is 0 Å². The van der Waals surface area contributed by atoms with Crippen LogP contribution >= 0.6 is 40.7 Å². The lowest BCUT2D eigenvalue weighted by atomic mass is 10.2. The Bertz CT molecular complexity index is 439. The van der Waals surface area contributed by atoms with Gasteiger partial charge >= 0.3 is 0 Å². The third kappa shape index (κ3) is 7.68. The minimum atomic E-state index is 0. The number of guanidine groups is 1. The van der Waals surface area contributed by atoms with E-state index in [1.165, 1.54) is 25.9 Å². The summed E-state index contributed by atoms with van der Waals surface area (Å²) in [7, 11) is 0. The van der Waals surface area contributed by atoms with Gasteiger partial charge in [-0.25, -0.2) is 0 Å². The van der Waals surface area contributed by atoms with Crippen LogP contribution in [0.1, 0.15) is 24.8 Å². The van der Waals surface area contributed by atoms with Crippen molar-refractivity contribution in [1.82, 2.24) is 15.5 Å². The Morgan fingerprint density at radius 3 is 2.50 bits per heavy atom.